The number of aryl methyl sites for hydroxylation is 1. The predicted octanol–water partition coefficient (Wildman–Crippen LogP) is 1.24. The molecule has 0 fully saturated rings. The van der Waals surface area contributed by atoms with Crippen molar-refractivity contribution in [2.75, 3.05) is 6.26 Å². The molecule has 148 valence electrons. The molecule has 0 N–H and O–H groups in total. The first-order chi connectivity index (χ1) is 13.8. The fraction of sp³-hybridized carbons (Fsp3) is 0.167. The molecule has 4 rings (SSSR count). The summed E-state index contributed by atoms with van der Waals surface area (Å²) >= 11 is 0. The predicted molar refractivity (Wildman–Crippen MR) is 102 cm³/mol. The standard InChI is InChI=1S/C18H16N6O4S/c1-12-5-3-4-6-15(12)17-20-28-18(25)23(17)11-16-19-21-22-24(16)13-7-9-14(10-8-13)29(2,26)27/h3-10H,11H2,1-2H3. The summed E-state index contributed by atoms with van der Waals surface area (Å²) in [5.41, 5.74) is 2.25. The lowest BCUT2D eigenvalue weighted by molar-refractivity contribution is 0.377. The van der Waals surface area contributed by atoms with E-state index in [2.05, 4.69) is 20.7 Å². The molecule has 0 bridgehead atoms. The quantitative estimate of drug-likeness (QED) is 0.479. The average molecular weight is 412 g/mol. The van der Waals surface area contributed by atoms with E-state index in [1.165, 1.54) is 21.4 Å². The summed E-state index contributed by atoms with van der Waals surface area (Å²) in [5.74, 6) is 0.0949. The molecule has 2 aromatic carbocycles. The maximum absolute atomic E-state index is 12.2. The second-order valence-corrected chi connectivity index (χ2v) is 8.46. The Kier molecular flexibility index (Phi) is 4.59. The first-order valence-corrected chi connectivity index (χ1v) is 10.4. The Labute approximate surface area is 165 Å². The highest BCUT2D eigenvalue weighted by Crippen LogP contribution is 2.21. The lowest BCUT2D eigenvalue weighted by Gasteiger charge is -2.08. The molecule has 0 radical (unpaired) electrons. The first kappa shape index (κ1) is 18.7. The van der Waals surface area contributed by atoms with E-state index >= 15 is 0 Å². The van der Waals surface area contributed by atoms with Crippen LogP contribution in [0, 0.1) is 6.92 Å². The molecule has 2 heterocycles. The van der Waals surface area contributed by atoms with E-state index in [1.807, 2.05) is 31.2 Å². The van der Waals surface area contributed by atoms with Crippen LogP contribution in [0.3, 0.4) is 0 Å². The molecular weight excluding hydrogens is 396 g/mol. The van der Waals surface area contributed by atoms with Crippen LogP contribution >= 0.6 is 0 Å². The van der Waals surface area contributed by atoms with Crippen LogP contribution in [0.2, 0.25) is 0 Å². The summed E-state index contributed by atoms with van der Waals surface area (Å²) < 4.78 is 30.9. The van der Waals surface area contributed by atoms with Crippen LogP contribution in [0.1, 0.15) is 11.4 Å². The van der Waals surface area contributed by atoms with Crippen molar-refractivity contribution >= 4 is 9.84 Å². The molecule has 11 heteroatoms. The molecule has 0 aliphatic rings. The van der Waals surface area contributed by atoms with Crippen molar-refractivity contribution in [3.63, 3.8) is 0 Å². The topological polar surface area (TPSA) is 126 Å². The number of hydrogen-bond acceptors (Lipinski definition) is 8. The number of rotatable bonds is 5. The van der Waals surface area contributed by atoms with Crippen molar-refractivity contribution in [1.82, 2.24) is 29.9 Å². The first-order valence-electron chi connectivity index (χ1n) is 8.55. The highest BCUT2D eigenvalue weighted by Gasteiger charge is 2.18. The van der Waals surface area contributed by atoms with Gasteiger partial charge in [-0.15, -0.1) is 5.10 Å². The summed E-state index contributed by atoms with van der Waals surface area (Å²) in [6.07, 6.45) is 1.13. The second kappa shape index (κ2) is 7.09. The van der Waals surface area contributed by atoms with Crippen molar-refractivity contribution in [1.29, 1.82) is 0 Å². The van der Waals surface area contributed by atoms with Gasteiger partial charge in [-0.3, -0.25) is 4.52 Å². The molecule has 0 saturated carbocycles. The molecule has 0 aliphatic heterocycles. The maximum atomic E-state index is 12.2. The number of tetrazole rings is 1. The van der Waals surface area contributed by atoms with Gasteiger partial charge in [0.05, 0.1) is 17.1 Å². The summed E-state index contributed by atoms with van der Waals surface area (Å²) in [6, 6.07) is 13.6. The van der Waals surface area contributed by atoms with Crippen LogP contribution in [0.15, 0.2) is 62.7 Å². The Morgan fingerprint density at radius 1 is 1.07 bits per heavy atom. The van der Waals surface area contributed by atoms with E-state index in [0.717, 1.165) is 17.4 Å². The minimum absolute atomic E-state index is 0.0207. The molecule has 0 amide bonds. The fourth-order valence-electron chi connectivity index (χ4n) is 2.91. The van der Waals surface area contributed by atoms with Gasteiger partial charge in [0, 0.05) is 11.8 Å². The lowest BCUT2D eigenvalue weighted by Crippen LogP contribution is -2.19. The molecule has 0 atom stereocenters. The van der Waals surface area contributed by atoms with Crippen LogP contribution in [0.25, 0.3) is 17.1 Å². The van der Waals surface area contributed by atoms with Gasteiger partial charge in [0.15, 0.2) is 21.5 Å². The Hall–Kier alpha value is -3.60. The number of hydrogen-bond donors (Lipinski definition) is 0. The third kappa shape index (κ3) is 3.59. The van der Waals surface area contributed by atoms with Crippen LogP contribution < -0.4 is 5.76 Å². The molecule has 0 spiro atoms. The Morgan fingerprint density at radius 3 is 2.48 bits per heavy atom. The molecular formula is C18H16N6O4S. The van der Waals surface area contributed by atoms with Crippen molar-refractivity contribution < 1.29 is 12.9 Å². The summed E-state index contributed by atoms with van der Waals surface area (Å²) in [4.78, 5) is 12.4. The van der Waals surface area contributed by atoms with Crippen LogP contribution in [-0.2, 0) is 16.4 Å². The number of benzene rings is 2. The minimum atomic E-state index is -3.31. The monoisotopic (exact) mass is 412 g/mol. The largest absolute Gasteiger partial charge is 0.442 e. The van der Waals surface area contributed by atoms with Gasteiger partial charge < -0.3 is 0 Å². The van der Waals surface area contributed by atoms with Crippen molar-refractivity contribution in [3.05, 3.63) is 70.5 Å². The fourth-order valence-corrected chi connectivity index (χ4v) is 3.54. The summed E-state index contributed by atoms with van der Waals surface area (Å²) in [5, 5.41) is 15.5. The maximum Gasteiger partial charge on any atom is 0.442 e. The van der Waals surface area contributed by atoms with Gasteiger partial charge in [0.2, 0.25) is 0 Å². The third-order valence-electron chi connectivity index (χ3n) is 4.42. The van der Waals surface area contributed by atoms with Crippen molar-refractivity contribution in [2.24, 2.45) is 0 Å². The number of nitrogens with zero attached hydrogens (tertiary/aromatic N) is 6. The van der Waals surface area contributed by atoms with Crippen LogP contribution in [0.5, 0.6) is 0 Å². The smallest absolute Gasteiger partial charge is 0.295 e. The van der Waals surface area contributed by atoms with Gasteiger partial charge in [0.25, 0.3) is 0 Å². The van der Waals surface area contributed by atoms with Crippen molar-refractivity contribution in [2.45, 2.75) is 18.4 Å². The van der Waals surface area contributed by atoms with Gasteiger partial charge >= 0.3 is 5.76 Å². The molecule has 10 nitrogen and oxygen atoms in total. The molecule has 29 heavy (non-hydrogen) atoms. The Balaban J connectivity index is 1.72. The van der Waals surface area contributed by atoms with Gasteiger partial charge in [-0.1, -0.05) is 29.4 Å². The minimum Gasteiger partial charge on any atom is -0.295 e. The number of aromatic nitrogens is 6. The zero-order valence-corrected chi connectivity index (χ0v) is 16.4. The second-order valence-electron chi connectivity index (χ2n) is 6.45. The highest BCUT2D eigenvalue weighted by atomic mass is 32.2. The average Bonchev–Trinajstić information content (AvgIpc) is 3.29. The van der Waals surface area contributed by atoms with Gasteiger partial charge in [-0.25, -0.2) is 17.8 Å². The normalized spacial score (nSPS) is 11.7. The zero-order valence-electron chi connectivity index (χ0n) is 15.6. The Morgan fingerprint density at radius 2 is 1.79 bits per heavy atom. The van der Waals surface area contributed by atoms with E-state index < -0.39 is 15.6 Å². The SMILES string of the molecule is Cc1ccccc1-c1noc(=O)n1Cc1nnnn1-c1ccc(S(C)(=O)=O)cc1. The van der Waals surface area contributed by atoms with Gasteiger partial charge in [0.1, 0.15) is 0 Å². The Bertz CT molecular complexity index is 1340. The molecule has 0 unspecified atom stereocenters. The molecule has 2 aromatic heterocycles. The zero-order chi connectivity index (χ0) is 20.6. The van der Waals surface area contributed by atoms with E-state index in [9.17, 15) is 13.2 Å². The van der Waals surface area contributed by atoms with Gasteiger partial charge in [-0.05, 0) is 47.2 Å². The van der Waals surface area contributed by atoms with E-state index in [1.54, 1.807) is 12.1 Å². The van der Waals surface area contributed by atoms with Crippen molar-refractivity contribution in [3.8, 4) is 17.1 Å². The summed E-state index contributed by atoms with van der Waals surface area (Å²) in [7, 11) is -3.31. The molecule has 4 aromatic rings. The number of sulfone groups is 1. The molecule has 0 saturated heterocycles. The summed E-state index contributed by atoms with van der Waals surface area (Å²) in [6.45, 7) is 1.93. The van der Waals surface area contributed by atoms with E-state index in [-0.39, 0.29) is 11.4 Å². The lowest BCUT2D eigenvalue weighted by atomic mass is 10.1. The van der Waals surface area contributed by atoms with Gasteiger partial charge in [-0.2, -0.15) is 4.68 Å². The van der Waals surface area contributed by atoms with Crippen LogP contribution in [-0.4, -0.2) is 44.6 Å². The van der Waals surface area contributed by atoms with Crippen LogP contribution in [0.4, 0.5) is 0 Å². The molecule has 0 aliphatic carbocycles. The van der Waals surface area contributed by atoms with E-state index in [4.69, 9.17) is 4.52 Å². The highest BCUT2D eigenvalue weighted by molar-refractivity contribution is 7.90. The third-order valence-corrected chi connectivity index (χ3v) is 5.54. The van der Waals surface area contributed by atoms with E-state index in [0.29, 0.717) is 17.3 Å².